The van der Waals surface area contributed by atoms with Crippen LogP contribution in [0.15, 0.2) is 0 Å². The fourth-order valence-electron chi connectivity index (χ4n) is 2.92. The van der Waals surface area contributed by atoms with Crippen LogP contribution in [0.25, 0.3) is 0 Å². The quantitative estimate of drug-likeness (QED) is 0.737. The van der Waals surface area contributed by atoms with Crippen molar-refractivity contribution in [3.8, 4) is 0 Å². The van der Waals surface area contributed by atoms with Crippen LogP contribution in [0, 0.1) is 0 Å². The molecule has 0 bridgehead atoms. The van der Waals surface area contributed by atoms with Crippen LogP contribution in [0.3, 0.4) is 0 Å². The lowest BCUT2D eigenvalue weighted by atomic mass is 10.1. The standard InChI is InChI=1S/C12H25N3O4S2/c1-20(16,17)14-8-10-15(11-9-14)21(18,19)13-12-6-4-2-3-5-7-12/h12-13H,2-11H2,1H3. The summed E-state index contributed by atoms with van der Waals surface area (Å²) in [5.74, 6) is 0. The summed E-state index contributed by atoms with van der Waals surface area (Å²) in [6.45, 7) is 0.888. The molecule has 2 fully saturated rings. The molecule has 1 aliphatic heterocycles. The second-order valence-electron chi connectivity index (χ2n) is 5.87. The predicted octanol–water partition coefficient (Wildman–Crippen LogP) is 0.121. The van der Waals surface area contributed by atoms with E-state index in [2.05, 4.69) is 4.72 Å². The molecule has 0 atom stereocenters. The number of nitrogens with zero attached hydrogens (tertiary/aromatic N) is 2. The van der Waals surface area contributed by atoms with Gasteiger partial charge in [-0.3, -0.25) is 0 Å². The number of rotatable bonds is 4. The number of piperazine rings is 1. The maximum atomic E-state index is 12.4. The SMILES string of the molecule is CS(=O)(=O)N1CCN(S(=O)(=O)NC2CCCCCC2)CC1. The minimum absolute atomic E-state index is 0.0189. The Kier molecular flexibility index (Phi) is 5.64. The van der Waals surface area contributed by atoms with Crippen LogP contribution in [0.1, 0.15) is 38.5 Å². The summed E-state index contributed by atoms with van der Waals surface area (Å²) in [6.07, 6.45) is 7.41. The van der Waals surface area contributed by atoms with Gasteiger partial charge in [0.05, 0.1) is 6.26 Å². The molecule has 0 aromatic heterocycles. The van der Waals surface area contributed by atoms with Crippen LogP contribution in [-0.2, 0) is 20.2 Å². The molecule has 1 saturated carbocycles. The average molecular weight is 339 g/mol. The maximum absolute atomic E-state index is 12.4. The Morgan fingerprint density at radius 1 is 0.810 bits per heavy atom. The van der Waals surface area contributed by atoms with Gasteiger partial charge in [0.15, 0.2) is 0 Å². The Hall–Kier alpha value is -0.220. The highest BCUT2D eigenvalue weighted by molar-refractivity contribution is 7.88. The summed E-state index contributed by atoms with van der Waals surface area (Å²) in [5.41, 5.74) is 0. The van der Waals surface area contributed by atoms with Gasteiger partial charge in [0.1, 0.15) is 0 Å². The topological polar surface area (TPSA) is 86.8 Å². The summed E-state index contributed by atoms with van der Waals surface area (Å²) in [4.78, 5) is 0. The maximum Gasteiger partial charge on any atom is 0.279 e. The highest BCUT2D eigenvalue weighted by atomic mass is 32.2. The molecule has 0 aromatic rings. The summed E-state index contributed by atoms with van der Waals surface area (Å²) < 4.78 is 53.1. The molecule has 124 valence electrons. The molecule has 7 nitrogen and oxygen atoms in total. The van der Waals surface area contributed by atoms with Gasteiger partial charge in [-0.2, -0.15) is 21.8 Å². The lowest BCUT2D eigenvalue weighted by Gasteiger charge is -2.33. The second kappa shape index (κ2) is 6.91. The van der Waals surface area contributed by atoms with E-state index >= 15 is 0 Å². The molecule has 1 aliphatic carbocycles. The molecular weight excluding hydrogens is 314 g/mol. The van der Waals surface area contributed by atoms with E-state index in [-0.39, 0.29) is 32.2 Å². The molecule has 1 saturated heterocycles. The van der Waals surface area contributed by atoms with Crippen molar-refractivity contribution in [2.24, 2.45) is 0 Å². The van der Waals surface area contributed by atoms with Crippen molar-refractivity contribution < 1.29 is 16.8 Å². The number of hydrogen-bond acceptors (Lipinski definition) is 4. The Balaban J connectivity index is 1.91. The van der Waals surface area contributed by atoms with Crippen molar-refractivity contribution in [3.05, 3.63) is 0 Å². The second-order valence-corrected chi connectivity index (χ2v) is 9.56. The molecule has 0 unspecified atom stereocenters. The molecule has 0 spiro atoms. The average Bonchev–Trinajstić information content (AvgIpc) is 2.66. The van der Waals surface area contributed by atoms with Crippen molar-refractivity contribution in [3.63, 3.8) is 0 Å². The Morgan fingerprint density at radius 2 is 1.29 bits per heavy atom. The van der Waals surface area contributed by atoms with E-state index in [1.54, 1.807) is 0 Å². The Labute approximate surface area is 127 Å². The summed E-state index contributed by atoms with van der Waals surface area (Å²) in [7, 11) is -6.74. The normalized spacial score (nSPS) is 24.8. The highest BCUT2D eigenvalue weighted by Crippen LogP contribution is 2.19. The van der Waals surface area contributed by atoms with Gasteiger partial charge in [0.25, 0.3) is 10.2 Å². The van der Waals surface area contributed by atoms with Crippen LogP contribution in [0.5, 0.6) is 0 Å². The molecule has 9 heteroatoms. The van der Waals surface area contributed by atoms with Gasteiger partial charge in [-0.25, -0.2) is 8.42 Å². The minimum atomic E-state index is -3.51. The zero-order chi connectivity index (χ0) is 15.5. The molecule has 0 aromatic carbocycles. The third kappa shape index (κ3) is 4.88. The van der Waals surface area contributed by atoms with Crippen molar-refractivity contribution in [1.82, 2.24) is 13.3 Å². The molecule has 21 heavy (non-hydrogen) atoms. The van der Waals surface area contributed by atoms with Gasteiger partial charge in [-0.1, -0.05) is 25.7 Å². The first-order valence-corrected chi connectivity index (χ1v) is 10.8. The monoisotopic (exact) mass is 339 g/mol. The fraction of sp³-hybridized carbons (Fsp3) is 1.00. The van der Waals surface area contributed by atoms with Gasteiger partial charge >= 0.3 is 0 Å². The first kappa shape index (κ1) is 17.1. The molecule has 1 heterocycles. The predicted molar refractivity (Wildman–Crippen MR) is 81.5 cm³/mol. The summed E-state index contributed by atoms with van der Waals surface area (Å²) in [5, 5.41) is 0. The molecule has 0 amide bonds. The van der Waals surface area contributed by atoms with E-state index in [4.69, 9.17) is 0 Å². The van der Waals surface area contributed by atoms with Crippen LogP contribution in [-0.4, -0.2) is 63.9 Å². The van der Waals surface area contributed by atoms with Crippen molar-refractivity contribution in [1.29, 1.82) is 0 Å². The van der Waals surface area contributed by atoms with Crippen molar-refractivity contribution in [2.75, 3.05) is 32.4 Å². The largest absolute Gasteiger partial charge is 0.279 e. The Bertz CT molecular complexity index is 531. The van der Waals surface area contributed by atoms with Gasteiger partial charge < -0.3 is 0 Å². The van der Waals surface area contributed by atoms with Crippen molar-refractivity contribution >= 4 is 20.2 Å². The fourth-order valence-corrected chi connectivity index (χ4v) is 5.20. The van der Waals surface area contributed by atoms with E-state index in [0.717, 1.165) is 31.9 Å². The number of nitrogens with one attached hydrogen (secondary N) is 1. The molecular formula is C12H25N3O4S2. The first-order valence-electron chi connectivity index (χ1n) is 7.51. The van der Waals surface area contributed by atoms with Gasteiger partial charge in [0, 0.05) is 32.2 Å². The van der Waals surface area contributed by atoms with E-state index in [9.17, 15) is 16.8 Å². The smallest absolute Gasteiger partial charge is 0.213 e. The van der Waals surface area contributed by atoms with E-state index < -0.39 is 20.2 Å². The lowest BCUT2D eigenvalue weighted by Crippen LogP contribution is -2.54. The van der Waals surface area contributed by atoms with Crippen LogP contribution in [0.4, 0.5) is 0 Å². The van der Waals surface area contributed by atoms with E-state index in [0.29, 0.717) is 0 Å². The van der Waals surface area contributed by atoms with Gasteiger partial charge in [-0.05, 0) is 12.8 Å². The molecule has 2 aliphatic rings. The minimum Gasteiger partial charge on any atom is -0.213 e. The van der Waals surface area contributed by atoms with E-state index in [1.807, 2.05) is 0 Å². The third-order valence-corrected chi connectivity index (χ3v) is 7.16. The van der Waals surface area contributed by atoms with Crippen LogP contribution >= 0.6 is 0 Å². The van der Waals surface area contributed by atoms with Gasteiger partial charge in [0.2, 0.25) is 10.0 Å². The number of hydrogen-bond donors (Lipinski definition) is 1. The third-order valence-electron chi connectivity index (χ3n) is 4.18. The molecule has 0 radical (unpaired) electrons. The first-order chi connectivity index (χ1) is 9.79. The van der Waals surface area contributed by atoms with Crippen LogP contribution in [0.2, 0.25) is 0 Å². The lowest BCUT2D eigenvalue weighted by molar-refractivity contribution is 0.269. The van der Waals surface area contributed by atoms with Crippen molar-refractivity contribution in [2.45, 2.75) is 44.6 Å². The van der Waals surface area contributed by atoms with Gasteiger partial charge in [-0.15, -0.1) is 0 Å². The molecule has 2 rings (SSSR count). The summed E-state index contributed by atoms with van der Waals surface area (Å²) in [6, 6.07) is 0.0189. The zero-order valence-electron chi connectivity index (χ0n) is 12.5. The zero-order valence-corrected chi connectivity index (χ0v) is 14.1. The van der Waals surface area contributed by atoms with Crippen LogP contribution < -0.4 is 4.72 Å². The van der Waals surface area contributed by atoms with E-state index in [1.165, 1.54) is 21.5 Å². The number of sulfonamides is 1. The molecule has 1 N–H and O–H groups in total. The summed E-state index contributed by atoms with van der Waals surface area (Å²) >= 11 is 0. The Morgan fingerprint density at radius 3 is 1.76 bits per heavy atom. The highest BCUT2D eigenvalue weighted by Gasteiger charge is 2.31.